The number of amides is 2. The number of rotatable bonds is 4. The molecule has 3 rings (SSSR count). The van der Waals surface area contributed by atoms with E-state index in [4.69, 9.17) is 9.47 Å². The van der Waals surface area contributed by atoms with E-state index >= 15 is 0 Å². The molecule has 0 spiro atoms. The Kier molecular flexibility index (Phi) is 6.57. The van der Waals surface area contributed by atoms with E-state index in [1.807, 2.05) is 31.3 Å². The number of Topliss-reactive ketones (excluding diaryl/α,β-unsaturated/α-hetero) is 1. The summed E-state index contributed by atoms with van der Waals surface area (Å²) < 4.78 is 10.6. The molecule has 2 aliphatic rings. The normalized spacial score (nSPS) is 20.2. The maximum Gasteiger partial charge on any atom is 0.414 e. The molecule has 31 heavy (non-hydrogen) atoms. The van der Waals surface area contributed by atoms with Crippen LogP contribution in [0.15, 0.2) is 30.0 Å². The number of nitrogens with one attached hydrogen (secondary N) is 1. The molecule has 1 heterocycles. The summed E-state index contributed by atoms with van der Waals surface area (Å²) in [7, 11) is 3.81. The minimum absolute atomic E-state index is 0.0381. The third-order valence-corrected chi connectivity index (χ3v) is 4.99. The topological polar surface area (TPSA) is 88.2 Å². The number of anilines is 1. The second-order valence-corrected chi connectivity index (χ2v) is 9.14. The number of fused-ring (bicyclic) bond motifs is 1. The lowest BCUT2D eigenvalue weighted by Gasteiger charge is -2.20. The van der Waals surface area contributed by atoms with Gasteiger partial charge in [0, 0.05) is 37.1 Å². The Morgan fingerprint density at radius 2 is 2.03 bits per heavy atom. The van der Waals surface area contributed by atoms with Crippen molar-refractivity contribution in [1.82, 2.24) is 10.2 Å². The van der Waals surface area contributed by atoms with Crippen LogP contribution in [0.2, 0.25) is 0 Å². The van der Waals surface area contributed by atoms with Gasteiger partial charge in [0.2, 0.25) is 0 Å². The summed E-state index contributed by atoms with van der Waals surface area (Å²) in [6.45, 7) is 5.83. The van der Waals surface area contributed by atoms with Gasteiger partial charge >= 0.3 is 12.2 Å². The van der Waals surface area contributed by atoms with Gasteiger partial charge in [-0.05, 0) is 63.8 Å². The average molecular weight is 430 g/mol. The van der Waals surface area contributed by atoms with E-state index in [2.05, 4.69) is 5.32 Å². The highest BCUT2D eigenvalue weighted by Gasteiger charge is 2.33. The van der Waals surface area contributed by atoms with Crippen LogP contribution in [0.25, 0.3) is 0 Å². The lowest BCUT2D eigenvalue weighted by Crippen LogP contribution is -2.38. The molecule has 0 saturated carbocycles. The van der Waals surface area contributed by atoms with Crippen LogP contribution in [-0.2, 0) is 15.9 Å². The van der Waals surface area contributed by atoms with Gasteiger partial charge < -0.3 is 19.7 Å². The predicted octanol–water partition coefficient (Wildman–Crippen LogP) is 3.50. The van der Waals surface area contributed by atoms with Crippen LogP contribution < -0.4 is 10.2 Å². The molecule has 1 saturated heterocycles. The Balaban J connectivity index is 1.69. The van der Waals surface area contributed by atoms with Crippen molar-refractivity contribution in [2.75, 3.05) is 32.1 Å². The fourth-order valence-corrected chi connectivity index (χ4v) is 3.72. The predicted molar refractivity (Wildman–Crippen MR) is 117 cm³/mol. The second kappa shape index (κ2) is 8.99. The van der Waals surface area contributed by atoms with E-state index in [1.165, 1.54) is 4.90 Å². The molecule has 1 N–H and O–H groups in total. The Labute approximate surface area is 183 Å². The fourth-order valence-electron chi connectivity index (χ4n) is 3.72. The van der Waals surface area contributed by atoms with Crippen molar-refractivity contribution in [1.29, 1.82) is 0 Å². The third-order valence-electron chi connectivity index (χ3n) is 4.99. The maximum absolute atomic E-state index is 12.9. The van der Waals surface area contributed by atoms with Gasteiger partial charge in [0.25, 0.3) is 0 Å². The van der Waals surface area contributed by atoms with Gasteiger partial charge in [-0.2, -0.15) is 0 Å². The van der Waals surface area contributed by atoms with E-state index in [0.29, 0.717) is 17.8 Å². The zero-order chi connectivity index (χ0) is 22.8. The standard InChI is InChI=1S/C23H31N3O5/c1-23(2,3)31-21(28)24-12-18-14-26(22(29)30-18)17-9-10-19-15(11-17)7-6-8-16(20(19)27)13-25(4)5/h9-11,13,18H,6-8,12,14H2,1-5H3,(H,24,28). The van der Waals surface area contributed by atoms with Crippen LogP contribution in [0.3, 0.4) is 0 Å². The zero-order valence-corrected chi connectivity index (χ0v) is 18.9. The summed E-state index contributed by atoms with van der Waals surface area (Å²) in [6, 6.07) is 5.47. The summed E-state index contributed by atoms with van der Waals surface area (Å²) in [5, 5.41) is 2.64. The fraction of sp³-hybridized carbons (Fsp3) is 0.522. The van der Waals surface area contributed by atoms with Crippen molar-refractivity contribution in [3.8, 4) is 0 Å². The van der Waals surface area contributed by atoms with Crippen molar-refractivity contribution in [2.45, 2.75) is 51.7 Å². The average Bonchev–Trinajstić information content (AvgIpc) is 2.96. The minimum atomic E-state index is -0.594. The van der Waals surface area contributed by atoms with Gasteiger partial charge in [-0.3, -0.25) is 9.69 Å². The van der Waals surface area contributed by atoms with E-state index < -0.39 is 23.9 Å². The molecular formula is C23H31N3O5. The number of carbonyl (C=O) groups is 3. The molecule has 0 aromatic heterocycles. The number of benzene rings is 1. The van der Waals surface area contributed by atoms with Gasteiger partial charge in [-0.1, -0.05) is 0 Å². The van der Waals surface area contributed by atoms with E-state index in [9.17, 15) is 14.4 Å². The molecule has 1 aliphatic carbocycles. The maximum atomic E-state index is 12.9. The molecule has 1 fully saturated rings. The van der Waals surface area contributed by atoms with Gasteiger partial charge in [0.15, 0.2) is 5.78 Å². The Hall–Kier alpha value is -3.03. The van der Waals surface area contributed by atoms with E-state index in [0.717, 1.165) is 30.4 Å². The first-order valence-electron chi connectivity index (χ1n) is 10.5. The molecule has 0 bridgehead atoms. The Bertz CT molecular complexity index is 901. The number of hydrogen-bond acceptors (Lipinski definition) is 6. The van der Waals surface area contributed by atoms with Gasteiger partial charge in [-0.25, -0.2) is 9.59 Å². The summed E-state index contributed by atoms with van der Waals surface area (Å²) >= 11 is 0. The molecule has 168 valence electrons. The highest BCUT2D eigenvalue weighted by atomic mass is 16.6. The van der Waals surface area contributed by atoms with Crippen LogP contribution >= 0.6 is 0 Å². The number of allylic oxidation sites excluding steroid dienone is 1. The summed E-state index contributed by atoms with van der Waals surface area (Å²) in [5.41, 5.74) is 2.52. The van der Waals surface area contributed by atoms with Crippen molar-refractivity contribution >= 4 is 23.7 Å². The second-order valence-electron chi connectivity index (χ2n) is 9.14. The smallest absolute Gasteiger partial charge is 0.414 e. The molecule has 1 aliphatic heterocycles. The number of aryl methyl sites for hydroxylation is 1. The molecule has 0 radical (unpaired) electrons. The van der Waals surface area contributed by atoms with E-state index in [1.54, 1.807) is 32.9 Å². The van der Waals surface area contributed by atoms with Crippen molar-refractivity contribution in [2.24, 2.45) is 0 Å². The summed E-state index contributed by atoms with van der Waals surface area (Å²) in [4.78, 5) is 40.6. The number of alkyl carbamates (subject to hydrolysis) is 1. The van der Waals surface area contributed by atoms with Gasteiger partial charge in [0.05, 0.1) is 13.1 Å². The summed E-state index contributed by atoms with van der Waals surface area (Å²) in [6.07, 6.45) is 2.75. The monoisotopic (exact) mass is 429 g/mol. The largest absolute Gasteiger partial charge is 0.444 e. The highest BCUT2D eigenvalue weighted by Crippen LogP contribution is 2.30. The molecule has 1 aromatic rings. The number of ether oxygens (including phenoxy) is 2. The molecular weight excluding hydrogens is 398 g/mol. The Morgan fingerprint density at radius 3 is 2.71 bits per heavy atom. The SMILES string of the molecule is CN(C)C=C1CCCc2cc(N3CC(CNC(=O)OC(C)(C)C)OC3=O)ccc2C1=O. The Morgan fingerprint density at radius 1 is 1.29 bits per heavy atom. The van der Waals surface area contributed by atoms with Crippen LogP contribution in [0.4, 0.5) is 15.3 Å². The lowest BCUT2D eigenvalue weighted by molar-refractivity contribution is 0.0496. The first kappa shape index (κ1) is 22.7. The van der Waals surface area contributed by atoms with Crippen molar-refractivity contribution < 1.29 is 23.9 Å². The first-order valence-corrected chi connectivity index (χ1v) is 10.5. The molecule has 8 nitrogen and oxygen atoms in total. The van der Waals surface area contributed by atoms with Gasteiger partial charge in [-0.15, -0.1) is 0 Å². The zero-order valence-electron chi connectivity index (χ0n) is 18.9. The highest BCUT2D eigenvalue weighted by molar-refractivity contribution is 6.10. The lowest BCUT2D eigenvalue weighted by atomic mass is 9.99. The molecule has 8 heteroatoms. The van der Waals surface area contributed by atoms with Crippen molar-refractivity contribution in [3.63, 3.8) is 0 Å². The number of cyclic esters (lactones) is 1. The van der Waals surface area contributed by atoms with Gasteiger partial charge in [0.1, 0.15) is 11.7 Å². The quantitative estimate of drug-likeness (QED) is 0.582. The number of hydrogen-bond donors (Lipinski definition) is 1. The van der Waals surface area contributed by atoms with Crippen LogP contribution in [-0.4, -0.2) is 61.8 Å². The molecule has 1 atom stereocenters. The van der Waals surface area contributed by atoms with Crippen molar-refractivity contribution in [3.05, 3.63) is 41.1 Å². The number of carbonyl (C=O) groups excluding carboxylic acids is 3. The molecule has 2 amide bonds. The summed E-state index contributed by atoms with van der Waals surface area (Å²) in [5.74, 6) is 0.0381. The van der Waals surface area contributed by atoms with Crippen LogP contribution in [0.5, 0.6) is 0 Å². The number of ketones is 1. The molecule has 1 unspecified atom stereocenters. The minimum Gasteiger partial charge on any atom is -0.444 e. The van der Waals surface area contributed by atoms with Crippen LogP contribution in [0.1, 0.15) is 49.5 Å². The molecule has 1 aromatic carbocycles. The first-order chi connectivity index (χ1) is 14.5. The van der Waals surface area contributed by atoms with E-state index in [-0.39, 0.29) is 12.3 Å². The number of nitrogens with zero attached hydrogens (tertiary/aromatic N) is 2. The third kappa shape index (κ3) is 5.77. The van der Waals surface area contributed by atoms with Crippen LogP contribution in [0, 0.1) is 0 Å².